The van der Waals surface area contributed by atoms with Gasteiger partial charge in [0.25, 0.3) is 0 Å². The Morgan fingerprint density at radius 2 is 1.67 bits per heavy atom. The van der Waals surface area contributed by atoms with Crippen LogP contribution in [-0.4, -0.2) is 17.0 Å². The Kier molecular flexibility index (Phi) is 10.9. The maximum absolute atomic E-state index is 11.6. The molecule has 1 rings (SSSR count). The van der Waals surface area contributed by atoms with Gasteiger partial charge in [-0.15, -0.1) is 0 Å². The van der Waals surface area contributed by atoms with E-state index in [-0.39, 0.29) is 11.5 Å². The van der Waals surface area contributed by atoms with Crippen molar-refractivity contribution < 1.29 is 24.2 Å². The molecule has 0 spiro atoms. The number of esters is 2. The van der Waals surface area contributed by atoms with E-state index in [0.29, 0.717) is 29.7 Å². The van der Waals surface area contributed by atoms with Gasteiger partial charge in [-0.05, 0) is 58.9 Å². The highest BCUT2D eigenvalue weighted by atomic mass is 16.5. The van der Waals surface area contributed by atoms with Crippen LogP contribution in [0.25, 0.3) is 0 Å². The lowest BCUT2D eigenvalue weighted by Crippen LogP contribution is -2.09. The number of phenolic OH excluding ortho intramolecular Hbond substituents is 1. The molecule has 0 atom stereocenters. The SMILES string of the molecule is CCCCCc1cc(OC(C)=O)c(C/C=C(\C)CCC=C(C)C)c(O)c1OC(C)=O. The van der Waals surface area contributed by atoms with Crippen LogP contribution in [0, 0.1) is 0 Å². The third-order valence-corrected chi connectivity index (χ3v) is 4.69. The molecule has 1 aromatic rings. The fourth-order valence-electron chi connectivity index (χ4n) is 3.14. The zero-order chi connectivity index (χ0) is 22.7. The summed E-state index contributed by atoms with van der Waals surface area (Å²) in [6, 6.07) is 1.72. The fraction of sp³-hybridized carbons (Fsp3) is 0.520. The summed E-state index contributed by atoms with van der Waals surface area (Å²) < 4.78 is 10.7. The topological polar surface area (TPSA) is 72.8 Å². The van der Waals surface area contributed by atoms with Crippen molar-refractivity contribution in [2.24, 2.45) is 0 Å². The monoisotopic (exact) mass is 416 g/mol. The van der Waals surface area contributed by atoms with E-state index in [2.05, 4.69) is 26.8 Å². The van der Waals surface area contributed by atoms with E-state index >= 15 is 0 Å². The summed E-state index contributed by atoms with van der Waals surface area (Å²) in [5.41, 5.74) is 3.56. The average Bonchev–Trinajstić information content (AvgIpc) is 2.63. The Hall–Kier alpha value is -2.56. The van der Waals surface area contributed by atoms with Gasteiger partial charge in [-0.3, -0.25) is 9.59 Å². The number of aryl methyl sites for hydroxylation is 1. The van der Waals surface area contributed by atoms with Crippen LogP contribution in [0.4, 0.5) is 0 Å². The van der Waals surface area contributed by atoms with Crippen LogP contribution in [0.1, 0.15) is 84.8 Å². The lowest BCUT2D eigenvalue weighted by atomic mass is 9.99. The van der Waals surface area contributed by atoms with Crippen molar-refractivity contribution in [2.45, 2.75) is 86.5 Å². The van der Waals surface area contributed by atoms with Gasteiger partial charge in [0.1, 0.15) is 5.75 Å². The van der Waals surface area contributed by atoms with Gasteiger partial charge in [-0.25, -0.2) is 0 Å². The van der Waals surface area contributed by atoms with Crippen LogP contribution in [0.3, 0.4) is 0 Å². The molecule has 1 N–H and O–H groups in total. The first kappa shape index (κ1) is 25.5. The van der Waals surface area contributed by atoms with E-state index in [1.807, 2.05) is 13.0 Å². The molecule has 0 fully saturated rings. The van der Waals surface area contributed by atoms with Gasteiger partial charge in [0.15, 0.2) is 11.5 Å². The highest BCUT2D eigenvalue weighted by Gasteiger charge is 2.21. The molecule has 5 heteroatoms. The molecule has 0 aliphatic heterocycles. The minimum absolute atomic E-state index is 0.135. The highest BCUT2D eigenvalue weighted by Crippen LogP contribution is 2.42. The van der Waals surface area contributed by atoms with E-state index in [0.717, 1.165) is 32.1 Å². The van der Waals surface area contributed by atoms with Gasteiger partial charge in [-0.2, -0.15) is 0 Å². The Morgan fingerprint density at radius 1 is 1.00 bits per heavy atom. The van der Waals surface area contributed by atoms with Crippen LogP contribution < -0.4 is 9.47 Å². The highest BCUT2D eigenvalue weighted by molar-refractivity contribution is 5.74. The second-order valence-electron chi connectivity index (χ2n) is 7.91. The number of hydrogen-bond acceptors (Lipinski definition) is 5. The maximum atomic E-state index is 11.6. The second kappa shape index (κ2) is 12.9. The van der Waals surface area contributed by atoms with Crippen LogP contribution in [0.15, 0.2) is 29.4 Å². The third-order valence-electron chi connectivity index (χ3n) is 4.69. The Morgan fingerprint density at radius 3 is 2.23 bits per heavy atom. The average molecular weight is 417 g/mol. The van der Waals surface area contributed by atoms with E-state index in [1.165, 1.54) is 25.0 Å². The standard InChI is InChI=1S/C25H36O5/c1-7-8-9-13-21-16-23(29-19(5)26)22(24(28)25(21)30-20(6)27)15-14-18(4)12-10-11-17(2)3/h11,14,16,28H,7-10,12-13,15H2,1-6H3/b18-14+. The fourth-order valence-corrected chi connectivity index (χ4v) is 3.14. The number of carbonyl (C=O) groups excluding carboxylic acids is 2. The van der Waals surface area contributed by atoms with Crippen molar-refractivity contribution in [3.63, 3.8) is 0 Å². The summed E-state index contributed by atoms with van der Waals surface area (Å²) >= 11 is 0. The maximum Gasteiger partial charge on any atom is 0.308 e. The van der Waals surface area contributed by atoms with Crippen molar-refractivity contribution in [1.29, 1.82) is 0 Å². The number of phenols is 1. The van der Waals surface area contributed by atoms with Crippen LogP contribution >= 0.6 is 0 Å². The molecule has 0 aliphatic carbocycles. The van der Waals surface area contributed by atoms with Gasteiger partial charge in [0.05, 0.1) is 0 Å². The smallest absolute Gasteiger partial charge is 0.308 e. The molecule has 0 amide bonds. The van der Waals surface area contributed by atoms with E-state index in [9.17, 15) is 14.7 Å². The van der Waals surface area contributed by atoms with Crippen molar-refractivity contribution in [3.05, 3.63) is 40.5 Å². The quantitative estimate of drug-likeness (QED) is 0.201. The minimum Gasteiger partial charge on any atom is -0.504 e. The number of unbranched alkanes of at least 4 members (excludes halogenated alkanes) is 2. The zero-order valence-electron chi connectivity index (χ0n) is 19.3. The van der Waals surface area contributed by atoms with E-state index < -0.39 is 11.9 Å². The summed E-state index contributed by atoms with van der Waals surface area (Å²) in [5.74, 6) is -0.610. The molecule has 0 radical (unpaired) electrons. The van der Waals surface area contributed by atoms with E-state index in [4.69, 9.17) is 9.47 Å². The summed E-state index contributed by atoms with van der Waals surface area (Å²) in [6.07, 6.45) is 9.97. The zero-order valence-corrected chi connectivity index (χ0v) is 19.3. The predicted octanol–water partition coefficient (Wildman–Crippen LogP) is 6.21. The number of hydrogen-bond donors (Lipinski definition) is 1. The van der Waals surface area contributed by atoms with Crippen molar-refractivity contribution in [3.8, 4) is 17.2 Å². The Balaban J connectivity index is 3.30. The van der Waals surface area contributed by atoms with Gasteiger partial charge in [-0.1, -0.05) is 43.1 Å². The number of allylic oxidation sites excluding steroid dienone is 4. The molecule has 5 nitrogen and oxygen atoms in total. The largest absolute Gasteiger partial charge is 0.504 e. The lowest BCUT2D eigenvalue weighted by Gasteiger charge is -2.17. The first-order valence-electron chi connectivity index (χ1n) is 10.7. The normalized spacial score (nSPS) is 11.2. The third kappa shape index (κ3) is 8.85. The Labute approximate surface area is 180 Å². The molecule has 1 aromatic carbocycles. The minimum atomic E-state index is -0.498. The van der Waals surface area contributed by atoms with Crippen LogP contribution in [0.2, 0.25) is 0 Å². The number of rotatable bonds is 11. The molecule has 0 heterocycles. The van der Waals surface area contributed by atoms with Crippen molar-refractivity contribution in [1.82, 2.24) is 0 Å². The molecule has 30 heavy (non-hydrogen) atoms. The summed E-state index contributed by atoms with van der Waals surface area (Å²) in [5, 5.41) is 10.9. The van der Waals surface area contributed by atoms with E-state index in [1.54, 1.807) is 6.07 Å². The molecule has 166 valence electrons. The predicted molar refractivity (Wildman–Crippen MR) is 120 cm³/mol. The van der Waals surface area contributed by atoms with Gasteiger partial charge < -0.3 is 14.6 Å². The summed E-state index contributed by atoms with van der Waals surface area (Å²) in [7, 11) is 0. The van der Waals surface area contributed by atoms with Gasteiger partial charge >= 0.3 is 11.9 Å². The molecule has 0 bridgehead atoms. The number of benzene rings is 1. The molecule has 0 aliphatic rings. The van der Waals surface area contributed by atoms with Gasteiger partial charge in [0, 0.05) is 25.0 Å². The number of ether oxygens (including phenoxy) is 2. The molecule has 0 saturated heterocycles. The number of aromatic hydroxyl groups is 1. The number of carbonyl (C=O) groups is 2. The van der Waals surface area contributed by atoms with Gasteiger partial charge in [0.2, 0.25) is 0 Å². The summed E-state index contributed by atoms with van der Waals surface area (Å²) in [6.45, 7) is 10.9. The van der Waals surface area contributed by atoms with Crippen molar-refractivity contribution >= 4 is 11.9 Å². The van der Waals surface area contributed by atoms with Crippen LogP contribution in [-0.2, 0) is 22.4 Å². The Bertz CT molecular complexity index is 798. The molecule has 0 saturated carbocycles. The molecule has 0 aromatic heterocycles. The summed E-state index contributed by atoms with van der Waals surface area (Å²) in [4.78, 5) is 23.3. The molecular formula is C25H36O5. The molecular weight excluding hydrogens is 380 g/mol. The first-order valence-corrected chi connectivity index (χ1v) is 10.7. The molecule has 0 unspecified atom stereocenters. The van der Waals surface area contributed by atoms with Crippen LogP contribution in [0.5, 0.6) is 17.2 Å². The second-order valence-corrected chi connectivity index (χ2v) is 7.91. The first-order chi connectivity index (χ1) is 14.1. The lowest BCUT2D eigenvalue weighted by molar-refractivity contribution is -0.133. The van der Waals surface area contributed by atoms with Crippen molar-refractivity contribution in [2.75, 3.05) is 0 Å².